The maximum absolute atomic E-state index is 10.5. The number of nitrogens with two attached hydrogens (primary N) is 1. The molecule has 0 aliphatic heterocycles. The van der Waals surface area contributed by atoms with Gasteiger partial charge in [0.15, 0.2) is 5.96 Å². The van der Waals surface area contributed by atoms with Gasteiger partial charge in [0.05, 0.1) is 0 Å². The molecule has 0 saturated carbocycles. The zero-order valence-corrected chi connectivity index (χ0v) is 10.1. The van der Waals surface area contributed by atoms with Gasteiger partial charge in [-0.2, -0.15) is 0 Å². The Kier molecular flexibility index (Phi) is 9.39. The summed E-state index contributed by atoms with van der Waals surface area (Å²) in [5.41, 5.74) is 5.59. The summed E-state index contributed by atoms with van der Waals surface area (Å²) < 4.78 is 5.16. The van der Waals surface area contributed by atoms with Crippen LogP contribution in [0.25, 0.3) is 0 Å². The first-order valence-corrected chi connectivity index (χ1v) is 5.52. The monoisotopic (exact) mass is 230 g/mol. The Labute approximate surface area is 96.6 Å². The molecule has 16 heavy (non-hydrogen) atoms. The first-order chi connectivity index (χ1) is 7.66. The van der Waals surface area contributed by atoms with Crippen LogP contribution in [0.5, 0.6) is 0 Å². The van der Waals surface area contributed by atoms with Crippen LogP contribution in [-0.4, -0.2) is 44.7 Å². The maximum Gasteiger partial charge on any atom is 0.216 e. The van der Waals surface area contributed by atoms with E-state index in [4.69, 9.17) is 10.5 Å². The van der Waals surface area contributed by atoms with Crippen LogP contribution >= 0.6 is 0 Å². The van der Waals surface area contributed by atoms with Gasteiger partial charge < -0.3 is 21.1 Å². The highest BCUT2D eigenvalue weighted by molar-refractivity contribution is 5.78. The van der Waals surface area contributed by atoms with E-state index in [0.717, 1.165) is 13.0 Å². The molecule has 6 heteroatoms. The summed E-state index contributed by atoms with van der Waals surface area (Å²) >= 11 is 0. The third kappa shape index (κ3) is 10.8. The fraction of sp³-hybridized carbons (Fsp3) is 0.800. The lowest BCUT2D eigenvalue weighted by molar-refractivity contribution is -0.118. The van der Waals surface area contributed by atoms with Gasteiger partial charge in [-0.25, -0.2) is 0 Å². The van der Waals surface area contributed by atoms with Gasteiger partial charge in [-0.1, -0.05) is 0 Å². The minimum absolute atomic E-state index is 0.0472. The van der Waals surface area contributed by atoms with Crippen LogP contribution in [0.4, 0.5) is 0 Å². The topological polar surface area (TPSA) is 88.7 Å². The number of hydrogen-bond donors (Lipinski definition) is 3. The van der Waals surface area contributed by atoms with Crippen LogP contribution in [0.15, 0.2) is 4.99 Å². The summed E-state index contributed by atoms with van der Waals surface area (Å²) in [4.78, 5) is 14.6. The Morgan fingerprint density at radius 3 is 2.69 bits per heavy atom. The number of nitrogens with zero attached hydrogens (tertiary/aromatic N) is 1. The fourth-order valence-electron chi connectivity index (χ4n) is 0.995. The second-order valence-electron chi connectivity index (χ2n) is 3.23. The summed E-state index contributed by atoms with van der Waals surface area (Å²) in [6.07, 6.45) is 0.863. The van der Waals surface area contributed by atoms with E-state index < -0.39 is 0 Å². The van der Waals surface area contributed by atoms with E-state index >= 15 is 0 Å². The van der Waals surface area contributed by atoms with Crippen LogP contribution in [0.1, 0.15) is 20.3 Å². The van der Waals surface area contributed by atoms with Gasteiger partial charge in [0.25, 0.3) is 0 Å². The minimum atomic E-state index is -0.0472. The zero-order chi connectivity index (χ0) is 12.2. The van der Waals surface area contributed by atoms with Gasteiger partial charge >= 0.3 is 0 Å². The summed E-state index contributed by atoms with van der Waals surface area (Å²) in [5, 5.41) is 5.55. The number of ether oxygens (including phenoxy) is 1. The average Bonchev–Trinajstić information content (AvgIpc) is 2.24. The predicted octanol–water partition coefficient (Wildman–Crippen LogP) is -0.547. The Morgan fingerprint density at radius 1 is 1.38 bits per heavy atom. The fourth-order valence-corrected chi connectivity index (χ4v) is 0.995. The Bertz CT molecular complexity index is 219. The molecule has 0 saturated heterocycles. The van der Waals surface area contributed by atoms with Crippen molar-refractivity contribution in [3.05, 3.63) is 0 Å². The molecule has 0 radical (unpaired) electrons. The number of aliphatic imine (C=N–C) groups is 1. The zero-order valence-electron chi connectivity index (χ0n) is 10.1. The largest absolute Gasteiger partial charge is 0.382 e. The second-order valence-corrected chi connectivity index (χ2v) is 3.23. The van der Waals surface area contributed by atoms with Crippen LogP contribution in [0, 0.1) is 0 Å². The molecule has 0 aromatic heterocycles. The summed E-state index contributed by atoms with van der Waals surface area (Å²) in [6.45, 7) is 6.66. The molecule has 1 amide bonds. The molecule has 0 aliphatic rings. The number of carbonyl (C=O) groups is 1. The summed E-state index contributed by atoms with van der Waals surface area (Å²) in [5.74, 6) is 0.357. The van der Waals surface area contributed by atoms with E-state index in [1.807, 2.05) is 6.92 Å². The highest BCUT2D eigenvalue weighted by Crippen LogP contribution is 1.83. The van der Waals surface area contributed by atoms with E-state index in [2.05, 4.69) is 15.6 Å². The average molecular weight is 230 g/mol. The molecule has 0 rings (SSSR count). The molecule has 0 spiro atoms. The first-order valence-electron chi connectivity index (χ1n) is 5.52. The molecular weight excluding hydrogens is 208 g/mol. The van der Waals surface area contributed by atoms with Gasteiger partial charge in [0, 0.05) is 39.8 Å². The minimum Gasteiger partial charge on any atom is -0.382 e. The summed E-state index contributed by atoms with van der Waals surface area (Å²) in [7, 11) is 0. The molecule has 0 bridgehead atoms. The molecule has 94 valence electrons. The van der Waals surface area contributed by atoms with Crippen molar-refractivity contribution < 1.29 is 9.53 Å². The van der Waals surface area contributed by atoms with Crippen molar-refractivity contribution in [2.24, 2.45) is 10.7 Å². The molecule has 0 heterocycles. The molecule has 0 aromatic carbocycles. The van der Waals surface area contributed by atoms with Crippen molar-refractivity contribution in [2.45, 2.75) is 20.3 Å². The van der Waals surface area contributed by atoms with Crippen LogP contribution < -0.4 is 16.4 Å². The van der Waals surface area contributed by atoms with E-state index in [1.165, 1.54) is 6.92 Å². The third-order valence-electron chi connectivity index (χ3n) is 1.74. The highest BCUT2D eigenvalue weighted by atomic mass is 16.5. The quantitative estimate of drug-likeness (QED) is 0.297. The Morgan fingerprint density at radius 2 is 2.06 bits per heavy atom. The first kappa shape index (κ1) is 14.7. The van der Waals surface area contributed by atoms with Gasteiger partial charge in [-0.3, -0.25) is 9.79 Å². The lowest BCUT2D eigenvalue weighted by Gasteiger charge is -2.05. The molecule has 0 aromatic rings. The third-order valence-corrected chi connectivity index (χ3v) is 1.74. The van der Waals surface area contributed by atoms with Crippen molar-refractivity contribution in [1.29, 1.82) is 0 Å². The molecule has 6 nitrogen and oxygen atoms in total. The number of rotatable bonds is 8. The van der Waals surface area contributed by atoms with Crippen molar-refractivity contribution in [3.8, 4) is 0 Å². The number of amides is 1. The highest BCUT2D eigenvalue weighted by Gasteiger charge is 1.92. The molecule has 0 unspecified atom stereocenters. The Hall–Kier alpha value is -1.30. The smallest absolute Gasteiger partial charge is 0.216 e. The van der Waals surface area contributed by atoms with Crippen LogP contribution in [0.2, 0.25) is 0 Å². The molecule has 4 N–H and O–H groups in total. The number of guanidine groups is 1. The number of hydrogen-bond acceptors (Lipinski definition) is 3. The lowest BCUT2D eigenvalue weighted by Crippen LogP contribution is -2.38. The van der Waals surface area contributed by atoms with Crippen molar-refractivity contribution >= 4 is 11.9 Å². The van der Waals surface area contributed by atoms with Crippen LogP contribution in [0.3, 0.4) is 0 Å². The van der Waals surface area contributed by atoms with Gasteiger partial charge in [-0.05, 0) is 13.3 Å². The van der Waals surface area contributed by atoms with Gasteiger partial charge in [-0.15, -0.1) is 0 Å². The van der Waals surface area contributed by atoms with E-state index in [-0.39, 0.29) is 5.91 Å². The predicted molar refractivity (Wildman–Crippen MR) is 64.3 cm³/mol. The number of carbonyl (C=O) groups excluding carboxylic acids is 1. The molecule has 0 fully saturated rings. The SMILES string of the molecule is CCOCCCN=C(N)NCCNC(C)=O. The van der Waals surface area contributed by atoms with Crippen molar-refractivity contribution in [2.75, 3.05) is 32.8 Å². The van der Waals surface area contributed by atoms with Gasteiger partial charge in [0.1, 0.15) is 0 Å². The Balaban J connectivity index is 3.37. The van der Waals surface area contributed by atoms with E-state index in [1.54, 1.807) is 0 Å². The second kappa shape index (κ2) is 10.2. The molecule has 0 atom stereocenters. The van der Waals surface area contributed by atoms with Gasteiger partial charge in [0.2, 0.25) is 5.91 Å². The molecular formula is C10H22N4O2. The normalized spacial score (nSPS) is 11.2. The van der Waals surface area contributed by atoms with E-state index in [0.29, 0.717) is 32.2 Å². The maximum atomic E-state index is 10.5. The van der Waals surface area contributed by atoms with Crippen LogP contribution in [-0.2, 0) is 9.53 Å². The van der Waals surface area contributed by atoms with Crippen molar-refractivity contribution in [3.63, 3.8) is 0 Å². The molecule has 0 aliphatic carbocycles. The van der Waals surface area contributed by atoms with E-state index in [9.17, 15) is 4.79 Å². The summed E-state index contributed by atoms with van der Waals surface area (Å²) in [6, 6.07) is 0. The van der Waals surface area contributed by atoms with Crippen molar-refractivity contribution in [1.82, 2.24) is 10.6 Å². The number of nitrogens with one attached hydrogen (secondary N) is 2. The lowest BCUT2D eigenvalue weighted by atomic mass is 10.4. The standard InChI is InChI=1S/C10H22N4O2/c1-3-16-8-4-5-13-10(11)14-7-6-12-9(2)15/h3-8H2,1-2H3,(H,12,15)(H3,11,13,14).